The normalized spacial score (nSPS) is 45.2. The van der Waals surface area contributed by atoms with E-state index in [1.54, 1.807) is 6.92 Å². The standard InChI is InChI=1S/C8H12O/c1-6(9)2-8-3-7(4-8)5-8/h7H,2-5H2,1H3. The van der Waals surface area contributed by atoms with Gasteiger partial charge in [0.1, 0.15) is 5.78 Å². The number of carbonyl (C=O) groups is 1. The highest BCUT2D eigenvalue weighted by Crippen LogP contribution is 2.66. The van der Waals surface area contributed by atoms with Gasteiger partial charge in [0.25, 0.3) is 0 Å². The third-order valence-corrected chi connectivity index (χ3v) is 2.79. The zero-order valence-electron chi connectivity index (χ0n) is 5.81. The van der Waals surface area contributed by atoms with Gasteiger partial charge in [-0.1, -0.05) is 0 Å². The van der Waals surface area contributed by atoms with Crippen LogP contribution in [0.2, 0.25) is 0 Å². The molecule has 1 heteroatoms. The Morgan fingerprint density at radius 3 is 2.22 bits per heavy atom. The maximum Gasteiger partial charge on any atom is 0.130 e. The Bertz CT molecular complexity index is 143. The van der Waals surface area contributed by atoms with Crippen LogP contribution in [0.25, 0.3) is 0 Å². The fraction of sp³-hybridized carbons (Fsp3) is 0.875. The fourth-order valence-electron chi connectivity index (χ4n) is 2.40. The van der Waals surface area contributed by atoms with E-state index in [4.69, 9.17) is 0 Å². The van der Waals surface area contributed by atoms with Crippen molar-refractivity contribution in [2.24, 2.45) is 11.3 Å². The first kappa shape index (κ1) is 5.45. The minimum atomic E-state index is 0.383. The molecule has 0 radical (unpaired) electrons. The van der Waals surface area contributed by atoms with Crippen LogP contribution in [-0.4, -0.2) is 5.78 Å². The molecule has 0 atom stereocenters. The molecule has 0 unspecified atom stereocenters. The first-order valence-corrected chi connectivity index (χ1v) is 3.70. The molecule has 0 aliphatic heterocycles. The summed E-state index contributed by atoms with van der Waals surface area (Å²) >= 11 is 0. The van der Waals surface area contributed by atoms with E-state index in [0.717, 1.165) is 12.3 Å². The smallest absolute Gasteiger partial charge is 0.130 e. The van der Waals surface area contributed by atoms with Crippen LogP contribution >= 0.6 is 0 Å². The van der Waals surface area contributed by atoms with Gasteiger partial charge in [0.2, 0.25) is 0 Å². The Morgan fingerprint density at radius 2 is 2.11 bits per heavy atom. The number of ketones is 1. The van der Waals surface area contributed by atoms with E-state index in [1.807, 2.05) is 0 Å². The fourth-order valence-corrected chi connectivity index (χ4v) is 2.40. The summed E-state index contributed by atoms with van der Waals surface area (Å²) in [6, 6.07) is 0. The van der Waals surface area contributed by atoms with Crippen LogP contribution in [0.5, 0.6) is 0 Å². The Hall–Kier alpha value is -0.330. The van der Waals surface area contributed by atoms with Gasteiger partial charge in [0.15, 0.2) is 0 Å². The van der Waals surface area contributed by atoms with Crippen molar-refractivity contribution in [3.63, 3.8) is 0 Å². The van der Waals surface area contributed by atoms with Crippen molar-refractivity contribution in [2.45, 2.75) is 32.6 Å². The highest BCUT2D eigenvalue weighted by Gasteiger charge is 2.56. The van der Waals surface area contributed by atoms with Crippen molar-refractivity contribution in [1.29, 1.82) is 0 Å². The van der Waals surface area contributed by atoms with Gasteiger partial charge in [0, 0.05) is 6.42 Å². The second kappa shape index (κ2) is 1.39. The van der Waals surface area contributed by atoms with Crippen molar-refractivity contribution in [1.82, 2.24) is 0 Å². The first-order valence-electron chi connectivity index (χ1n) is 3.70. The lowest BCUT2D eigenvalue weighted by molar-refractivity contribution is -0.140. The molecule has 2 bridgehead atoms. The van der Waals surface area contributed by atoms with Gasteiger partial charge in [-0.25, -0.2) is 0 Å². The molecule has 3 rings (SSSR count). The van der Waals surface area contributed by atoms with Crippen LogP contribution in [0, 0.1) is 11.3 Å². The molecule has 3 fully saturated rings. The largest absolute Gasteiger partial charge is 0.300 e. The van der Waals surface area contributed by atoms with Gasteiger partial charge in [-0.15, -0.1) is 0 Å². The molecule has 0 aromatic carbocycles. The van der Waals surface area contributed by atoms with Crippen molar-refractivity contribution in [3.05, 3.63) is 0 Å². The van der Waals surface area contributed by atoms with Gasteiger partial charge >= 0.3 is 0 Å². The van der Waals surface area contributed by atoms with Crippen LogP contribution in [-0.2, 0) is 4.79 Å². The number of hydrogen-bond acceptors (Lipinski definition) is 1. The molecule has 9 heavy (non-hydrogen) atoms. The predicted molar refractivity (Wildman–Crippen MR) is 35.1 cm³/mol. The summed E-state index contributed by atoms with van der Waals surface area (Å²) in [5.41, 5.74) is 0.538. The molecule has 0 heterocycles. The second-order valence-corrected chi connectivity index (χ2v) is 3.86. The summed E-state index contributed by atoms with van der Waals surface area (Å²) < 4.78 is 0. The van der Waals surface area contributed by atoms with Crippen molar-refractivity contribution in [2.75, 3.05) is 0 Å². The van der Waals surface area contributed by atoms with Crippen molar-refractivity contribution >= 4 is 5.78 Å². The van der Waals surface area contributed by atoms with E-state index < -0.39 is 0 Å². The monoisotopic (exact) mass is 124 g/mol. The number of rotatable bonds is 2. The van der Waals surface area contributed by atoms with Crippen LogP contribution in [0.15, 0.2) is 0 Å². The van der Waals surface area contributed by atoms with Crippen LogP contribution in [0.3, 0.4) is 0 Å². The predicted octanol–water partition coefficient (Wildman–Crippen LogP) is 1.77. The Kier molecular flexibility index (Phi) is 0.842. The van der Waals surface area contributed by atoms with Crippen LogP contribution in [0.1, 0.15) is 32.6 Å². The van der Waals surface area contributed by atoms with Crippen molar-refractivity contribution in [3.8, 4) is 0 Å². The minimum absolute atomic E-state index is 0.383. The van der Waals surface area contributed by atoms with E-state index in [0.29, 0.717) is 11.2 Å². The molecule has 0 saturated heterocycles. The highest BCUT2D eigenvalue weighted by molar-refractivity contribution is 5.76. The van der Waals surface area contributed by atoms with E-state index in [-0.39, 0.29) is 0 Å². The van der Waals surface area contributed by atoms with E-state index in [1.165, 1.54) is 19.3 Å². The van der Waals surface area contributed by atoms with Crippen LogP contribution in [0.4, 0.5) is 0 Å². The van der Waals surface area contributed by atoms with Gasteiger partial charge in [-0.05, 0) is 37.5 Å². The lowest BCUT2D eigenvalue weighted by Crippen LogP contribution is -2.52. The second-order valence-electron chi connectivity index (χ2n) is 3.86. The van der Waals surface area contributed by atoms with Crippen LogP contribution < -0.4 is 0 Å². The maximum absolute atomic E-state index is 10.7. The zero-order chi connectivity index (χ0) is 6.48. The van der Waals surface area contributed by atoms with Gasteiger partial charge in [0.05, 0.1) is 0 Å². The number of Topliss-reactive ketones (excluding diaryl/α,β-unsaturated/α-hetero) is 1. The third-order valence-electron chi connectivity index (χ3n) is 2.79. The molecule has 1 nitrogen and oxygen atoms in total. The van der Waals surface area contributed by atoms with Gasteiger partial charge in [-0.3, -0.25) is 0 Å². The molecule has 0 N–H and O–H groups in total. The van der Waals surface area contributed by atoms with Crippen molar-refractivity contribution < 1.29 is 4.79 Å². The number of hydrogen-bond donors (Lipinski definition) is 0. The highest BCUT2D eigenvalue weighted by atomic mass is 16.1. The molecule has 0 aromatic rings. The topological polar surface area (TPSA) is 17.1 Å². The van der Waals surface area contributed by atoms with Gasteiger partial charge in [-0.2, -0.15) is 0 Å². The Balaban J connectivity index is 1.92. The lowest BCUT2D eigenvalue weighted by atomic mass is 9.43. The van der Waals surface area contributed by atoms with E-state index >= 15 is 0 Å². The molecule has 0 aromatic heterocycles. The zero-order valence-corrected chi connectivity index (χ0v) is 5.81. The molecule has 3 aliphatic carbocycles. The average molecular weight is 124 g/mol. The molecule has 50 valence electrons. The Morgan fingerprint density at radius 1 is 1.56 bits per heavy atom. The summed E-state index contributed by atoms with van der Waals surface area (Å²) in [4.78, 5) is 10.7. The first-order chi connectivity index (χ1) is 4.20. The summed E-state index contributed by atoms with van der Waals surface area (Å²) in [5.74, 6) is 1.40. The average Bonchev–Trinajstić information content (AvgIpc) is 1.50. The minimum Gasteiger partial charge on any atom is -0.300 e. The van der Waals surface area contributed by atoms with E-state index in [9.17, 15) is 4.79 Å². The summed E-state index contributed by atoms with van der Waals surface area (Å²) in [5, 5.41) is 0. The summed E-state index contributed by atoms with van der Waals surface area (Å²) in [7, 11) is 0. The molecule has 3 aliphatic rings. The number of carbonyl (C=O) groups excluding carboxylic acids is 1. The lowest BCUT2D eigenvalue weighted by Gasteiger charge is -2.61. The Labute approximate surface area is 55.4 Å². The molecular formula is C8H12O. The third kappa shape index (κ3) is 0.637. The van der Waals surface area contributed by atoms with Gasteiger partial charge < -0.3 is 4.79 Å². The molecule has 0 amide bonds. The van der Waals surface area contributed by atoms with E-state index in [2.05, 4.69) is 0 Å². The molecule has 0 spiro atoms. The SMILES string of the molecule is CC(=O)CC12CC(C1)C2. The summed E-state index contributed by atoms with van der Waals surface area (Å²) in [6.07, 6.45) is 4.93. The quantitative estimate of drug-likeness (QED) is 0.548. The maximum atomic E-state index is 10.7. The molecule has 3 saturated carbocycles. The summed E-state index contributed by atoms with van der Waals surface area (Å²) in [6.45, 7) is 1.71. The molecular weight excluding hydrogens is 112 g/mol.